The molecule has 6 rings (SSSR count). The zero-order valence-corrected chi connectivity index (χ0v) is 31.0. The van der Waals surface area contributed by atoms with Gasteiger partial charge in [0.25, 0.3) is 0 Å². The number of piperazine rings is 1. The molecule has 0 radical (unpaired) electrons. The second-order valence-electron chi connectivity index (χ2n) is 12.7. The summed E-state index contributed by atoms with van der Waals surface area (Å²) in [6.07, 6.45) is 5.17. The SMILES string of the molecule is COc1cc(Nc2nccc(NC(=O)Oc3c(OC)cc(-n4cccn4)cc3-c3cccc(C)c3C)n2)cc(OCCCN2CCN(C)CC2)c1OC. The number of hydrogen-bond acceptors (Lipinski definition) is 12. The van der Waals surface area contributed by atoms with Crippen LogP contribution in [0, 0.1) is 13.8 Å². The zero-order valence-electron chi connectivity index (χ0n) is 31.0. The summed E-state index contributed by atoms with van der Waals surface area (Å²) < 4.78 is 30.9. The average molecular weight is 723 g/mol. The highest BCUT2D eigenvalue weighted by molar-refractivity contribution is 5.89. The number of carbonyl (C=O) groups excluding carboxylic acids is 1. The van der Waals surface area contributed by atoms with Crippen LogP contribution in [0.1, 0.15) is 17.5 Å². The van der Waals surface area contributed by atoms with Gasteiger partial charge in [-0.15, -0.1) is 0 Å². The Bertz CT molecular complexity index is 2010. The van der Waals surface area contributed by atoms with E-state index in [0.29, 0.717) is 40.9 Å². The first kappa shape index (κ1) is 36.9. The molecule has 0 saturated carbocycles. The molecule has 1 fully saturated rings. The Morgan fingerprint density at radius 3 is 2.36 bits per heavy atom. The molecule has 0 spiro atoms. The van der Waals surface area contributed by atoms with Crippen molar-refractivity contribution in [1.82, 2.24) is 29.5 Å². The number of likely N-dealkylation sites (N-methyl/N-ethyl adjacent to an activating group) is 1. The van der Waals surface area contributed by atoms with E-state index in [1.54, 1.807) is 43.3 Å². The summed E-state index contributed by atoms with van der Waals surface area (Å²) in [4.78, 5) is 27.1. The Morgan fingerprint density at radius 1 is 0.849 bits per heavy atom. The monoisotopic (exact) mass is 722 g/mol. The summed E-state index contributed by atoms with van der Waals surface area (Å²) in [6, 6.07) is 16.6. The molecule has 0 unspecified atom stereocenters. The van der Waals surface area contributed by atoms with Crippen LogP contribution >= 0.6 is 0 Å². The van der Waals surface area contributed by atoms with Gasteiger partial charge in [-0.1, -0.05) is 18.2 Å². The van der Waals surface area contributed by atoms with Crippen LogP contribution in [-0.4, -0.2) is 103 Å². The first-order chi connectivity index (χ1) is 25.8. The summed E-state index contributed by atoms with van der Waals surface area (Å²) in [6.45, 7) is 9.79. The predicted molar refractivity (Wildman–Crippen MR) is 204 cm³/mol. The van der Waals surface area contributed by atoms with Crippen molar-refractivity contribution in [1.29, 1.82) is 0 Å². The highest BCUT2D eigenvalue weighted by Gasteiger charge is 2.22. The molecule has 0 atom stereocenters. The lowest BCUT2D eigenvalue weighted by Gasteiger charge is -2.32. The molecule has 2 N–H and O–H groups in total. The fourth-order valence-electron chi connectivity index (χ4n) is 6.13. The maximum atomic E-state index is 13.5. The van der Waals surface area contributed by atoms with Crippen LogP contribution in [0.4, 0.5) is 22.2 Å². The van der Waals surface area contributed by atoms with E-state index in [1.807, 2.05) is 56.4 Å². The Morgan fingerprint density at radius 2 is 1.62 bits per heavy atom. The van der Waals surface area contributed by atoms with Crippen molar-refractivity contribution < 1.29 is 28.5 Å². The van der Waals surface area contributed by atoms with Gasteiger partial charge in [-0.2, -0.15) is 10.1 Å². The van der Waals surface area contributed by atoms with Gasteiger partial charge in [0.1, 0.15) is 5.82 Å². The summed E-state index contributed by atoms with van der Waals surface area (Å²) in [7, 11) is 6.82. The van der Waals surface area contributed by atoms with Crippen LogP contribution in [-0.2, 0) is 0 Å². The molecule has 14 heteroatoms. The Labute approximate surface area is 309 Å². The molecular weight excluding hydrogens is 676 g/mol. The number of nitrogens with zero attached hydrogens (tertiary/aromatic N) is 6. The standard InChI is InChI=1S/C39H46N8O6/c1-26-10-7-11-30(27(26)2)31-24-29(47-16-8-13-41-47)25-33(50-5)36(31)53-39(48)44-35-12-14-40-38(43-35)42-28-22-32(49-4)37(51-6)34(23-28)52-21-9-15-46-19-17-45(3)18-20-46/h7-8,10-14,16,22-25H,9,15,17-21H2,1-6H3,(H2,40,42,43,44,48). The number of nitrogens with one attached hydrogen (secondary N) is 2. The van der Waals surface area contributed by atoms with Crippen molar-refractivity contribution in [3.63, 3.8) is 0 Å². The third kappa shape index (κ3) is 8.96. The largest absolute Gasteiger partial charge is 0.493 e. The molecule has 3 heterocycles. The van der Waals surface area contributed by atoms with Gasteiger partial charge in [-0.05, 0) is 62.2 Å². The van der Waals surface area contributed by atoms with Crippen LogP contribution in [0.5, 0.6) is 28.7 Å². The van der Waals surface area contributed by atoms with E-state index in [-0.39, 0.29) is 17.5 Å². The van der Waals surface area contributed by atoms with Crippen LogP contribution < -0.4 is 34.3 Å². The van der Waals surface area contributed by atoms with E-state index < -0.39 is 6.09 Å². The highest BCUT2D eigenvalue weighted by Crippen LogP contribution is 2.43. The maximum absolute atomic E-state index is 13.5. The van der Waals surface area contributed by atoms with Crippen LogP contribution in [0.15, 0.2) is 73.2 Å². The van der Waals surface area contributed by atoms with Gasteiger partial charge in [0.15, 0.2) is 23.0 Å². The lowest BCUT2D eigenvalue weighted by Crippen LogP contribution is -2.44. The van der Waals surface area contributed by atoms with E-state index in [0.717, 1.165) is 61.5 Å². The topological polar surface area (TPSA) is 137 Å². The lowest BCUT2D eigenvalue weighted by atomic mass is 9.95. The molecule has 2 aromatic heterocycles. The van der Waals surface area contributed by atoms with Crippen molar-refractivity contribution in [2.24, 2.45) is 0 Å². The molecule has 14 nitrogen and oxygen atoms in total. The van der Waals surface area contributed by atoms with Gasteiger partial charge in [0, 0.05) is 80.8 Å². The van der Waals surface area contributed by atoms with Gasteiger partial charge < -0.3 is 38.8 Å². The Hall–Kier alpha value is -5.86. The minimum Gasteiger partial charge on any atom is -0.493 e. The van der Waals surface area contributed by atoms with Gasteiger partial charge in [-0.25, -0.2) is 14.5 Å². The number of amides is 1. The summed E-state index contributed by atoms with van der Waals surface area (Å²) in [5.41, 5.74) is 5.05. The van der Waals surface area contributed by atoms with Crippen LogP contribution in [0.25, 0.3) is 16.8 Å². The number of methoxy groups -OCH3 is 3. The van der Waals surface area contributed by atoms with Crippen molar-refractivity contribution in [2.45, 2.75) is 20.3 Å². The molecule has 1 amide bonds. The summed E-state index contributed by atoms with van der Waals surface area (Å²) >= 11 is 0. The average Bonchev–Trinajstić information content (AvgIpc) is 3.71. The Kier molecular flexibility index (Phi) is 11.9. The van der Waals surface area contributed by atoms with E-state index in [1.165, 1.54) is 13.3 Å². The molecule has 1 aliphatic rings. The second kappa shape index (κ2) is 17.1. The highest BCUT2D eigenvalue weighted by atomic mass is 16.6. The number of anilines is 3. The van der Waals surface area contributed by atoms with Crippen LogP contribution in [0.3, 0.4) is 0 Å². The maximum Gasteiger partial charge on any atom is 0.418 e. The molecule has 278 valence electrons. The van der Waals surface area contributed by atoms with Gasteiger partial charge >= 0.3 is 6.09 Å². The molecule has 1 aliphatic heterocycles. The molecule has 0 bridgehead atoms. The minimum absolute atomic E-state index is 0.216. The molecule has 3 aromatic carbocycles. The smallest absolute Gasteiger partial charge is 0.418 e. The fraction of sp³-hybridized carbons (Fsp3) is 0.333. The molecule has 53 heavy (non-hydrogen) atoms. The molecule has 5 aromatic rings. The normalized spacial score (nSPS) is 13.3. The number of carbonyl (C=O) groups is 1. The van der Waals surface area contributed by atoms with Crippen molar-refractivity contribution in [3.05, 3.63) is 84.3 Å². The van der Waals surface area contributed by atoms with E-state index in [4.69, 9.17) is 23.7 Å². The van der Waals surface area contributed by atoms with Gasteiger partial charge in [-0.3, -0.25) is 5.32 Å². The first-order valence-corrected chi connectivity index (χ1v) is 17.4. The second-order valence-corrected chi connectivity index (χ2v) is 12.7. The van der Waals surface area contributed by atoms with E-state index >= 15 is 0 Å². The van der Waals surface area contributed by atoms with E-state index in [9.17, 15) is 4.79 Å². The molecular formula is C39H46N8O6. The minimum atomic E-state index is -0.760. The molecule has 0 aliphatic carbocycles. The lowest BCUT2D eigenvalue weighted by molar-refractivity contribution is 0.145. The molecule has 1 saturated heterocycles. The number of hydrogen-bond donors (Lipinski definition) is 2. The van der Waals surface area contributed by atoms with Gasteiger partial charge in [0.05, 0.1) is 33.6 Å². The third-order valence-electron chi connectivity index (χ3n) is 9.18. The summed E-state index contributed by atoms with van der Waals surface area (Å²) in [5.74, 6) is 2.56. The van der Waals surface area contributed by atoms with Gasteiger partial charge in [0.2, 0.25) is 11.7 Å². The Balaban J connectivity index is 1.18. The number of benzene rings is 3. The number of ether oxygens (including phenoxy) is 5. The number of rotatable bonds is 14. The number of aryl methyl sites for hydroxylation is 1. The fourth-order valence-corrected chi connectivity index (χ4v) is 6.13. The predicted octanol–water partition coefficient (Wildman–Crippen LogP) is 6.34. The quantitative estimate of drug-likeness (QED) is 0.124. The van der Waals surface area contributed by atoms with Crippen LogP contribution in [0.2, 0.25) is 0 Å². The van der Waals surface area contributed by atoms with Crippen molar-refractivity contribution in [2.75, 3.05) is 78.3 Å². The summed E-state index contributed by atoms with van der Waals surface area (Å²) in [5, 5.41) is 10.3. The van der Waals surface area contributed by atoms with Crippen molar-refractivity contribution >= 4 is 23.5 Å². The van der Waals surface area contributed by atoms with E-state index in [2.05, 4.69) is 42.5 Å². The zero-order chi connectivity index (χ0) is 37.3. The third-order valence-corrected chi connectivity index (χ3v) is 9.18. The first-order valence-electron chi connectivity index (χ1n) is 17.4. The van der Waals surface area contributed by atoms with Crippen molar-refractivity contribution in [3.8, 4) is 45.6 Å². The number of aromatic nitrogens is 4.